The Hall–Kier alpha value is -1.22. The van der Waals surface area contributed by atoms with Gasteiger partial charge in [0, 0.05) is 23.7 Å². The number of para-hydroxylation sites is 1. The van der Waals surface area contributed by atoms with Gasteiger partial charge in [-0.3, -0.25) is 0 Å². The highest BCUT2D eigenvalue weighted by Crippen LogP contribution is 2.26. The Morgan fingerprint density at radius 2 is 1.67 bits per heavy atom. The van der Waals surface area contributed by atoms with E-state index in [-0.39, 0.29) is 5.75 Å². The van der Waals surface area contributed by atoms with Crippen LogP contribution in [0.2, 0.25) is 10.0 Å². The number of hydrogen-bond donors (Lipinski definition) is 2. The van der Waals surface area contributed by atoms with E-state index >= 15 is 0 Å². The normalized spacial score (nSPS) is 10.6. The van der Waals surface area contributed by atoms with Crippen molar-refractivity contribution in [3.63, 3.8) is 0 Å². The predicted molar refractivity (Wildman–Crippen MR) is 75.1 cm³/mol. The standard InChI is InChI=1S/C14H13Cl2NO/c15-12-6-4-10(5-7-12)8-17-9-11-2-1-3-13(16)14(11)18/h1-7,17-18H,8-9H2. The highest BCUT2D eigenvalue weighted by Gasteiger charge is 2.04. The first-order chi connectivity index (χ1) is 8.66. The minimum atomic E-state index is 0.141. The summed E-state index contributed by atoms with van der Waals surface area (Å²) in [5.74, 6) is 0.141. The lowest BCUT2D eigenvalue weighted by Gasteiger charge is -2.08. The summed E-state index contributed by atoms with van der Waals surface area (Å²) in [5.41, 5.74) is 1.93. The van der Waals surface area contributed by atoms with Crippen LogP contribution in [-0.2, 0) is 13.1 Å². The SMILES string of the molecule is Oc1c(Cl)cccc1CNCc1ccc(Cl)cc1. The van der Waals surface area contributed by atoms with Crippen molar-refractivity contribution in [2.75, 3.05) is 0 Å². The summed E-state index contributed by atoms with van der Waals surface area (Å²) in [7, 11) is 0. The molecule has 0 saturated heterocycles. The van der Waals surface area contributed by atoms with E-state index in [2.05, 4.69) is 5.32 Å². The van der Waals surface area contributed by atoms with Crippen molar-refractivity contribution >= 4 is 23.2 Å². The average Bonchev–Trinajstić information content (AvgIpc) is 2.37. The minimum Gasteiger partial charge on any atom is -0.506 e. The van der Waals surface area contributed by atoms with Crippen LogP contribution < -0.4 is 5.32 Å². The van der Waals surface area contributed by atoms with E-state index in [0.717, 1.165) is 16.1 Å². The molecule has 0 bridgehead atoms. The van der Waals surface area contributed by atoms with Crippen molar-refractivity contribution in [1.29, 1.82) is 0 Å². The van der Waals surface area contributed by atoms with Crippen LogP contribution in [0.3, 0.4) is 0 Å². The van der Waals surface area contributed by atoms with E-state index in [0.29, 0.717) is 18.1 Å². The van der Waals surface area contributed by atoms with Gasteiger partial charge in [-0.15, -0.1) is 0 Å². The third kappa shape index (κ3) is 3.39. The van der Waals surface area contributed by atoms with Crippen molar-refractivity contribution in [3.8, 4) is 5.75 Å². The average molecular weight is 282 g/mol. The lowest BCUT2D eigenvalue weighted by Crippen LogP contribution is -2.12. The summed E-state index contributed by atoms with van der Waals surface area (Å²) in [6, 6.07) is 13.0. The second-order valence-corrected chi connectivity index (χ2v) is 4.82. The number of hydrogen-bond acceptors (Lipinski definition) is 2. The largest absolute Gasteiger partial charge is 0.506 e. The quantitative estimate of drug-likeness (QED) is 0.888. The first-order valence-electron chi connectivity index (χ1n) is 5.58. The van der Waals surface area contributed by atoms with Gasteiger partial charge < -0.3 is 10.4 Å². The molecule has 18 heavy (non-hydrogen) atoms. The van der Waals surface area contributed by atoms with Gasteiger partial charge in [0.1, 0.15) is 5.75 Å². The number of phenolic OH excluding ortho intramolecular Hbond substituents is 1. The highest BCUT2D eigenvalue weighted by atomic mass is 35.5. The fourth-order valence-corrected chi connectivity index (χ4v) is 1.97. The lowest BCUT2D eigenvalue weighted by atomic mass is 10.2. The Bertz CT molecular complexity index is 526. The molecule has 2 nitrogen and oxygen atoms in total. The third-order valence-electron chi connectivity index (χ3n) is 2.63. The molecule has 94 valence electrons. The van der Waals surface area contributed by atoms with Gasteiger partial charge in [-0.25, -0.2) is 0 Å². The topological polar surface area (TPSA) is 32.3 Å². The first kappa shape index (κ1) is 13.2. The molecule has 0 radical (unpaired) electrons. The maximum Gasteiger partial charge on any atom is 0.138 e. The number of phenols is 1. The molecule has 2 aromatic carbocycles. The summed E-state index contributed by atoms with van der Waals surface area (Å²) < 4.78 is 0. The highest BCUT2D eigenvalue weighted by molar-refractivity contribution is 6.32. The molecule has 2 aromatic rings. The van der Waals surface area contributed by atoms with Gasteiger partial charge >= 0.3 is 0 Å². The van der Waals surface area contributed by atoms with Crippen LogP contribution in [0.5, 0.6) is 5.75 Å². The van der Waals surface area contributed by atoms with Gasteiger partial charge in [-0.1, -0.05) is 47.5 Å². The molecule has 2 N–H and O–H groups in total. The van der Waals surface area contributed by atoms with E-state index in [1.54, 1.807) is 6.07 Å². The van der Waals surface area contributed by atoms with E-state index < -0.39 is 0 Å². The van der Waals surface area contributed by atoms with Crippen LogP contribution in [0.1, 0.15) is 11.1 Å². The smallest absolute Gasteiger partial charge is 0.138 e. The second kappa shape index (κ2) is 6.10. The van der Waals surface area contributed by atoms with Crippen LogP contribution in [0.4, 0.5) is 0 Å². The molecule has 0 aliphatic rings. The lowest BCUT2D eigenvalue weighted by molar-refractivity contribution is 0.464. The molecule has 2 rings (SSSR count). The van der Waals surface area contributed by atoms with Crippen molar-refractivity contribution in [2.24, 2.45) is 0 Å². The molecule has 0 fully saturated rings. The molecule has 0 amide bonds. The van der Waals surface area contributed by atoms with E-state index in [1.807, 2.05) is 36.4 Å². The van der Waals surface area contributed by atoms with Crippen molar-refractivity contribution in [1.82, 2.24) is 5.32 Å². The Balaban J connectivity index is 1.92. The van der Waals surface area contributed by atoms with Crippen LogP contribution in [-0.4, -0.2) is 5.11 Å². The molecular formula is C14H13Cl2NO. The van der Waals surface area contributed by atoms with E-state index in [4.69, 9.17) is 23.2 Å². The Labute approximate surface area is 116 Å². The van der Waals surface area contributed by atoms with E-state index in [9.17, 15) is 5.11 Å². The first-order valence-corrected chi connectivity index (χ1v) is 6.34. The zero-order valence-electron chi connectivity index (χ0n) is 9.66. The van der Waals surface area contributed by atoms with Gasteiger partial charge in [0.05, 0.1) is 5.02 Å². The molecule has 0 saturated carbocycles. The van der Waals surface area contributed by atoms with Crippen LogP contribution in [0.15, 0.2) is 42.5 Å². The summed E-state index contributed by atoms with van der Waals surface area (Å²) >= 11 is 11.6. The van der Waals surface area contributed by atoms with Gasteiger partial charge in [0.15, 0.2) is 0 Å². The van der Waals surface area contributed by atoms with Gasteiger partial charge in [-0.05, 0) is 23.8 Å². The number of nitrogens with one attached hydrogen (secondary N) is 1. The fraction of sp³-hybridized carbons (Fsp3) is 0.143. The number of aromatic hydroxyl groups is 1. The monoisotopic (exact) mass is 281 g/mol. The minimum absolute atomic E-state index is 0.141. The summed E-state index contributed by atoms with van der Waals surface area (Å²) in [4.78, 5) is 0. The third-order valence-corrected chi connectivity index (χ3v) is 3.19. The molecule has 0 unspecified atom stereocenters. The predicted octanol–water partition coefficient (Wildman–Crippen LogP) is 3.99. The molecule has 0 aromatic heterocycles. The van der Waals surface area contributed by atoms with Crippen LogP contribution >= 0.6 is 23.2 Å². The van der Waals surface area contributed by atoms with E-state index in [1.165, 1.54) is 0 Å². The van der Waals surface area contributed by atoms with Gasteiger partial charge in [0.25, 0.3) is 0 Å². The summed E-state index contributed by atoms with van der Waals surface area (Å²) in [5, 5.41) is 14.1. The zero-order valence-corrected chi connectivity index (χ0v) is 11.2. The molecule has 4 heteroatoms. The molecule has 0 spiro atoms. The Morgan fingerprint density at radius 3 is 2.39 bits per heavy atom. The van der Waals surface area contributed by atoms with Crippen LogP contribution in [0, 0.1) is 0 Å². The molecule has 0 heterocycles. The maximum absolute atomic E-state index is 9.74. The fourth-order valence-electron chi connectivity index (χ4n) is 1.65. The Kier molecular flexibility index (Phi) is 4.48. The van der Waals surface area contributed by atoms with Crippen LogP contribution in [0.25, 0.3) is 0 Å². The van der Waals surface area contributed by atoms with Gasteiger partial charge in [0.2, 0.25) is 0 Å². The molecule has 0 aliphatic heterocycles. The molecule has 0 aliphatic carbocycles. The summed E-state index contributed by atoms with van der Waals surface area (Å²) in [6.07, 6.45) is 0. The van der Waals surface area contributed by atoms with Gasteiger partial charge in [-0.2, -0.15) is 0 Å². The van der Waals surface area contributed by atoms with Crippen molar-refractivity contribution < 1.29 is 5.11 Å². The number of rotatable bonds is 4. The number of benzene rings is 2. The zero-order chi connectivity index (χ0) is 13.0. The molecular weight excluding hydrogens is 269 g/mol. The molecule has 0 atom stereocenters. The van der Waals surface area contributed by atoms with Crippen molar-refractivity contribution in [2.45, 2.75) is 13.1 Å². The Morgan fingerprint density at radius 1 is 0.944 bits per heavy atom. The maximum atomic E-state index is 9.74. The summed E-state index contributed by atoms with van der Waals surface area (Å²) in [6.45, 7) is 1.28. The van der Waals surface area contributed by atoms with Crippen molar-refractivity contribution in [3.05, 3.63) is 63.6 Å². The second-order valence-electron chi connectivity index (χ2n) is 3.98. The number of halogens is 2.